The van der Waals surface area contributed by atoms with Gasteiger partial charge < -0.3 is 13.7 Å². The Morgan fingerprint density at radius 3 is 1.44 bits per heavy atom. The Labute approximate surface area is 369 Å². The zero-order valence-electron chi connectivity index (χ0n) is 34.6. The molecule has 12 aromatic rings. The quantitative estimate of drug-likeness (QED) is 0.173. The van der Waals surface area contributed by atoms with E-state index >= 15 is 0 Å². The third-order valence-corrected chi connectivity index (χ3v) is 13.9. The van der Waals surface area contributed by atoms with E-state index in [-0.39, 0.29) is 0 Å². The fourth-order valence-corrected chi connectivity index (χ4v) is 11.1. The van der Waals surface area contributed by atoms with Gasteiger partial charge in [-0.05, 0) is 116 Å². The van der Waals surface area contributed by atoms with Gasteiger partial charge in [-0.2, -0.15) is 0 Å². The zero-order chi connectivity index (χ0) is 41.9. The van der Waals surface area contributed by atoms with E-state index in [1.54, 1.807) is 0 Å². The van der Waals surface area contributed by atoms with Crippen molar-refractivity contribution in [1.29, 1.82) is 0 Å². The number of hydrogen-bond donors (Lipinski definition) is 0. The summed E-state index contributed by atoms with van der Waals surface area (Å²) in [5.41, 5.74) is 21.1. The van der Waals surface area contributed by atoms with E-state index < -0.39 is 5.41 Å². The van der Waals surface area contributed by atoms with Gasteiger partial charge in [-0.25, -0.2) is 0 Å². The van der Waals surface area contributed by atoms with Gasteiger partial charge >= 0.3 is 0 Å². The largest absolute Gasteiger partial charge is 0.456 e. The molecule has 0 bridgehead atoms. The first-order valence-corrected chi connectivity index (χ1v) is 22.0. The van der Waals surface area contributed by atoms with Crippen LogP contribution in [-0.2, 0) is 5.41 Å². The molecule has 64 heavy (non-hydrogen) atoms. The number of fused-ring (bicyclic) bond motifs is 16. The highest BCUT2D eigenvalue weighted by atomic mass is 16.3. The Kier molecular flexibility index (Phi) is 7.32. The van der Waals surface area contributed by atoms with Crippen LogP contribution in [0.15, 0.2) is 233 Å². The van der Waals surface area contributed by atoms with Crippen molar-refractivity contribution >= 4 is 60.9 Å². The smallest absolute Gasteiger partial charge is 0.143 e. The average molecular weight is 816 g/mol. The summed E-state index contributed by atoms with van der Waals surface area (Å²) in [5.74, 6) is 0. The van der Waals surface area contributed by atoms with E-state index in [9.17, 15) is 0 Å². The van der Waals surface area contributed by atoms with Crippen molar-refractivity contribution in [3.8, 4) is 44.5 Å². The monoisotopic (exact) mass is 815 g/mol. The van der Waals surface area contributed by atoms with Crippen LogP contribution in [-0.4, -0.2) is 0 Å². The van der Waals surface area contributed by atoms with Gasteiger partial charge in [0.05, 0.1) is 5.41 Å². The second kappa shape index (κ2) is 13.3. The molecule has 14 rings (SSSR count). The van der Waals surface area contributed by atoms with Crippen LogP contribution in [0.3, 0.4) is 0 Å². The van der Waals surface area contributed by atoms with Crippen molar-refractivity contribution < 1.29 is 8.83 Å². The van der Waals surface area contributed by atoms with E-state index in [1.165, 1.54) is 55.6 Å². The first-order chi connectivity index (χ1) is 31.7. The fourth-order valence-electron chi connectivity index (χ4n) is 11.1. The topological polar surface area (TPSA) is 29.5 Å². The molecule has 2 heterocycles. The summed E-state index contributed by atoms with van der Waals surface area (Å²) in [6, 6.07) is 81.4. The highest BCUT2D eigenvalue weighted by Crippen LogP contribution is 2.63. The molecule has 2 aromatic heterocycles. The van der Waals surface area contributed by atoms with Gasteiger partial charge in [0.25, 0.3) is 0 Å². The van der Waals surface area contributed by atoms with Gasteiger partial charge in [-0.3, -0.25) is 0 Å². The van der Waals surface area contributed by atoms with Crippen LogP contribution >= 0.6 is 0 Å². The molecule has 0 unspecified atom stereocenters. The lowest BCUT2D eigenvalue weighted by atomic mass is 9.70. The van der Waals surface area contributed by atoms with Gasteiger partial charge in [0, 0.05) is 44.2 Å². The molecular weight excluding hydrogens is 779 g/mol. The van der Waals surface area contributed by atoms with Crippen LogP contribution in [0.1, 0.15) is 22.3 Å². The Morgan fingerprint density at radius 2 is 0.766 bits per heavy atom. The molecule has 3 heteroatoms. The molecule has 0 N–H and O–H groups in total. The molecule has 298 valence electrons. The predicted molar refractivity (Wildman–Crippen MR) is 263 cm³/mol. The second-order valence-electron chi connectivity index (χ2n) is 17.1. The molecule has 0 atom stereocenters. The second-order valence-corrected chi connectivity index (χ2v) is 17.1. The average Bonchev–Trinajstić information content (AvgIpc) is 4.09. The third-order valence-electron chi connectivity index (χ3n) is 13.9. The third kappa shape index (κ3) is 4.86. The minimum atomic E-state index is -0.457. The zero-order valence-corrected chi connectivity index (χ0v) is 34.6. The summed E-state index contributed by atoms with van der Waals surface area (Å²) < 4.78 is 13.4. The van der Waals surface area contributed by atoms with Crippen LogP contribution in [0.2, 0.25) is 0 Å². The van der Waals surface area contributed by atoms with Crippen molar-refractivity contribution in [2.75, 3.05) is 4.90 Å². The van der Waals surface area contributed by atoms with Crippen molar-refractivity contribution in [1.82, 2.24) is 0 Å². The van der Waals surface area contributed by atoms with Crippen molar-refractivity contribution in [2.45, 2.75) is 5.41 Å². The van der Waals surface area contributed by atoms with Crippen LogP contribution in [0, 0.1) is 0 Å². The minimum Gasteiger partial charge on any atom is -0.456 e. The van der Waals surface area contributed by atoms with Crippen LogP contribution < -0.4 is 4.90 Å². The van der Waals surface area contributed by atoms with Gasteiger partial charge in [0.15, 0.2) is 0 Å². The van der Waals surface area contributed by atoms with Crippen molar-refractivity contribution in [3.05, 3.63) is 247 Å². The standard InChI is InChI=1S/C61H37NO2/c1-3-14-38(15-4-1)39-26-28-41(29-27-39)62(43-30-32-48-47-20-9-12-25-55(47)61(56(48)35-43)53-23-10-7-18-45(53)46-19-8-11-24-54(46)61)42-31-33-57-50(34-42)52-37-59-51(36-58(52)63-57)49-22-13-21-44(60(49)64-59)40-16-5-2-6-17-40/h1-37H. The molecule has 0 aliphatic heterocycles. The molecule has 10 aromatic carbocycles. The molecule has 2 aliphatic rings. The molecule has 0 saturated carbocycles. The SMILES string of the molecule is c1ccc(-c2ccc(N(c3ccc4c(c3)C3(c5ccccc5-c5ccccc53)c3ccccc3-4)c3ccc4oc5cc6c(cc5c4c3)oc3c(-c4ccccc4)cccc36)cc2)cc1. The lowest BCUT2D eigenvalue weighted by Crippen LogP contribution is -2.26. The van der Waals surface area contributed by atoms with Crippen LogP contribution in [0.25, 0.3) is 88.4 Å². The molecular formula is C61H37NO2. The van der Waals surface area contributed by atoms with E-state index in [4.69, 9.17) is 8.83 Å². The minimum absolute atomic E-state index is 0.457. The maximum Gasteiger partial charge on any atom is 0.143 e. The van der Waals surface area contributed by atoms with Gasteiger partial charge in [0.2, 0.25) is 0 Å². The summed E-state index contributed by atoms with van der Waals surface area (Å²) in [5, 5.41) is 4.18. The number of anilines is 3. The van der Waals surface area contributed by atoms with Crippen molar-refractivity contribution in [2.24, 2.45) is 0 Å². The molecule has 0 radical (unpaired) electrons. The number of hydrogen-bond acceptors (Lipinski definition) is 3. The molecule has 2 aliphatic carbocycles. The Morgan fingerprint density at radius 1 is 0.281 bits per heavy atom. The number of benzene rings is 10. The number of rotatable bonds is 5. The first-order valence-electron chi connectivity index (χ1n) is 22.0. The summed E-state index contributed by atoms with van der Waals surface area (Å²) in [6.07, 6.45) is 0. The maximum absolute atomic E-state index is 6.74. The number of nitrogens with zero attached hydrogens (tertiary/aromatic N) is 1. The van der Waals surface area contributed by atoms with E-state index in [0.717, 1.165) is 72.1 Å². The van der Waals surface area contributed by atoms with E-state index in [1.807, 2.05) is 6.07 Å². The summed E-state index contributed by atoms with van der Waals surface area (Å²) >= 11 is 0. The highest BCUT2D eigenvalue weighted by molar-refractivity contribution is 6.17. The summed E-state index contributed by atoms with van der Waals surface area (Å²) in [4.78, 5) is 2.41. The Hall–Kier alpha value is -8.40. The summed E-state index contributed by atoms with van der Waals surface area (Å²) in [7, 11) is 0. The van der Waals surface area contributed by atoms with Gasteiger partial charge in [0.1, 0.15) is 22.3 Å². The molecule has 1 spiro atoms. The van der Waals surface area contributed by atoms with Gasteiger partial charge in [-0.15, -0.1) is 0 Å². The van der Waals surface area contributed by atoms with Crippen LogP contribution in [0.4, 0.5) is 17.1 Å². The van der Waals surface area contributed by atoms with Gasteiger partial charge in [-0.1, -0.05) is 170 Å². The molecule has 0 amide bonds. The van der Waals surface area contributed by atoms with E-state index in [2.05, 4.69) is 223 Å². The summed E-state index contributed by atoms with van der Waals surface area (Å²) in [6.45, 7) is 0. The predicted octanol–water partition coefficient (Wildman–Crippen LogP) is 16.6. The molecule has 0 fully saturated rings. The lowest BCUT2D eigenvalue weighted by Gasteiger charge is -2.32. The van der Waals surface area contributed by atoms with Crippen LogP contribution in [0.5, 0.6) is 0 Å². The first kappa shape index (κ1) is 35.2. The maximum atomic E-state index is 6.74. The molecule has 0 saturated heterocycles. The molecule has 3 nitrogen and oxygen atoms in total. The lowest BCUT2D eigenvalue weighted by molar-refractivity contribution is 0.664. The highest BCUT2D eigenvalue weighted by Gasteiger charge is 2.51. The fraction of sp³-hybridized carbons (Fsp3) is 0.0164. The normalized spacial score (nSPS) is 13.1. The number of furan rings is 2. The number of para-hydroxylation sites is 1. The Bertz CT molecular complexity index is 3780. The van der Waals surface area contributed by atoms with E-state index in [0.29, 0.717) is 0 Å². The van der Waals surface area contributed by atoms with Crippen molar-refractivity contribution in [3.63, 3.8) is 0 Å². The Balaban J connectivity index is 0.982.